The molecular formula is C16H22ClN. The maximum Gasteiger partial charge on any atom is 0.0494 e. The molecule has 2 fully saturated rings. The first-order valence-electron chi connectivity index (χ1n) is 7.27. The van der Waals surface area contributed by atoms with Crippen LogP contribution in [0.25, 0.3) is 0 Å². The molecule has 98 valence electrons. The number of rotatable bonds is 2. The van der Waals surface area contributed by atoms with Crippen molar-refractivity contribution in [3.63, 3.8) is 0 Å². The van der Waals surface area contributed by atoms with Crippen molar-refractivity contribution in [3.8, 4) is 0 Å². The van der Waals surface area contributed by atoms with Crippen molar-refractivity contribution >= 4 is 17.3 Å². The summed E-state index contributed by atoms with van der Waals surface area (Å²) in [7, 11) is 0. The Labute approximate surface area is 115 Å². The van der Waals surface area contributed by atoms with Gasteiger partial charge in [0.05, 0.1) is 0 Å². The maximum atomic E-state index is 6.06. The molecule has 0 N–H and O–H groups in total. The first kappa shape index (κ1) is 12.3. The lowest BCUT2D eigenvalue weighted by molar-refractivity contribution is 0.202. The minimum Gasteiger partial charge on any atom is -0.371 e. The summed E-state index contributed by atoms with van der Waals surface area (Å²) in [5, 5.41) is 0. The second kappa shape index (κ2) is 5.52. The maximum absolute atomic E-state index is 6.06. The van der Waals surface area contributed by atoms with Gasteiger partial charge in [0.2, 0.25) is 0 Å². The first-order valence-corrected chi connectivity index (χ1v) is 7.81. The van der Waals surface area contributed by atoms with Gasteiger partial charge in [0, 0.05) is 24.7 Å². The van der Waals surface area contributed by atoms with Gasteiger partial charge in [0.15, 0.2) is 0 Å². The van der Waals surface area contributed by atoms with Crippen molar-refractivity contribution < 1.29 is 0 Å². The molecule has 2 unspecified atom stereocenters. The van der Waals surface area contributed by atoms with E-state index in [-0.39, 0.29) is 0 Å². The highest BCUT2D eigenvalue weighted by atomic mass is 35.5. The summed E-state index contributed by atoms with van der Waals surface area (Å²) in [5.41, 5.74) is 2.66. The van der Waals surface area contributed by atoms with Gasteiger partial charge in [-0.15, -0.1) is 11.6 Å². The van der Waals surface area contributed by atoms with E-state index >= 15 is 0 Å². The van der Waals surface area contributed by atoms with Gasteiger partial charge in [-0.3, -0.25) is 0 Å². The molecule has 0 spiro atoms. The van der Waals surface area contributed by atoms with E-state index in [4.69, 9.17) is 11.6 Å². The van der Waals surface area contributed by atoms with Gasteiger partial charge in [0.25, 0.3) is 0 Å². The minimum atomic E-state index is 0.626. The van der Waals surface area contributed by atoms with Crippen molar-refractivity contribution in [2.45, 2.75) is 38.0 Å². The zero-order chi connectivity index (χ0) is 12.4. The fraction of sp³-hybridized carbons (Fsp3) is 0.625. The Kier molecular flexibility index (Phi) is 3.79. The molecule has 2 atom stereocenters. The summed E-state index contributed by atoms with van der Waals surface area (Å²) in [4.78, 5) is 2.57. The van der Waals surface area contributed by atoms with Crippen LogP contribution in [-0.2, 0) is 5.88 Å². The highest BCUT2D eigenvalue weighted by Crippen LogP contribution is 2.38. The van der Waals surface area contributed by atoms with E-state index in [1.54, 1.807) is 0 Å². The normalized spacial score (nSPS) is 27.9. The Morgan fingerprint density at radius 2 is 1.83 bits per heavy atom. The van der Waals surface area contributed by atoms with Crippen LogP contribution in [0.2, 0.25) is 0 Å². The molecule has 3 rings (SSSR count). The van der Waals surface area contributed by atoms with Crippen LogP contribution >= 0.6 is 11.6 Å². The average molecular weight is 264 g/mol. The fourth-order valence-corrected chi connectivity index (χ4v) is 3.98. The monoisotopic (exact) mass is 263 g/mol. The van der Waals surface area contributed by atoms with Crippen LogP contribution in [0.5, 0.6) is 0 Å². The van der Waals surface area contributed by atoms with Crippen LogP contribution < -0.4 is 4.90 Å². The summed E-state index contributed by atoms with van der Waals surface area (Å²) >= 11 is 6.06. The van der Waals surface area contributed by atoms with E-state index in [0.29, 0.717) is 5.88 Å². The van der Waals surface area contributed by atoms with E-state index in [9.17, 15) is 0 Å². The van der Waals surface area contributed by atoms with Crippen LogP contribution in [0.1, 0.15) is 37.7 Å². The fourth-order valence-electron chi connectivity index (χ4n) is 3.75. The number of alkyl halides is 1. The van der Waals surface area contributed by atoms with E-state index < -0.39 is 0 Å². The lowest BCUT2D eigenvalue weighted by Crippen LogP contribution is -2.42. The molecule has 1 aliphatic heterocycles. The van der Waals surface area contributed by atoms with Crippen LogP contribution in [-0.4, -0.2) is 13.1 Å². The molecule has 0 bridgehead atoms. The van der Waals surface area contributed by atoms with Gasteiger partial charge < -0.3 is 4.90 Å². The molecule has 0 radical (unpaired) electrons. The molecule has 18 heavy (non-hydrogen) atoms. The number of piperidine rings is 1. The molecule has 0 amide bonds. The Hall–Kier alpha value is -0.690. The van der Waals surface area contributed by atoms with Crippen molar-refractivity contribution in [1.29, 1.82) is 0 Å². The SMILES string of the molecule is ClCc1ccccc1N1CCC2CCCCC2C1. The number of para-hydroxylation sites is 1. The summed E-state index contributed by atoms with van der Waals surface area (Å²) in [6, 6.07) is 8.63. The molecule has 2 heteroatoms. The lowest BCUT2D eigenvalue weighted by atomic mass is 9.75. The number of fused-ring (bicyclic) bond motifs is 1. The van der Waals surface area contributed by atoms with Gasteiger partial charge in [-0.25, -0.2) is 0 Å². The van der Waals surface area contributed by atoms with E-state index in [1.807, 2.05) is 0 Å². The molecule has 1 saturated carbocycles. The minimum absolute atomic E-state index is 0.626. The second-order valence-electron chi connectivity index (χ2n) is 5.80. The van der Waals surface area contributed by atoms with Crippen molar-refractivity contribution in [1.82, 2.24) is 0 Å². The Balaban J connectivity index is 1.77. The Morgan fingerprint density at radius 3 is 2.67 bits per heavy atom. The van der Waals surface area contributed by atoms with E-state index in [0.717, 1.165) is 11.8 Å². The van der Waals surface area contributed by atoms with E-state index in [1.165, 1.54) is 56.4 Å². The molecule has 1 aromatic carbocycles. The van der Waals surface area contributed by atoms with Crippen molar-refractivity contribution in [3.05, 3.63) is 29.8 Å². The average Bonchev–Trinajstić information content (AvgIpc) is 2.46. The number of anilines is 1. The quantitative estimate of drug-likeness (QED) is 0.713. The highest BCUT2D eigenvalue weighted by Gasteiger charge is 2.31. The number of hydrogen-bond donors (Lipinski definition) is 0. The summed E-state index contributed by atoms with van der Waals surface area (Å²) in [6.45, 7) is 2.47. The van der Waals surface area contributed by atoms with Gasteiger partial charge in [0.1, 0.15) is 0 Å². The predicted molar refractivity (Wildman–Crippen MR) is 78.3 cm³/mol. The van der Waals surface area contributed by atoms with E-state index in [2.05, 4.69) is 29.2 Å². The van der Waals surface area contributed by atoms with Crippen LogP contribution in [0.15, 0.2) is 24.3 Å². The molecule has 1 aliphatic carbocycles. The standard InChI is InChI=1S/C16H22ClN/c17-11-14-6-3-4-8-16(14)18-10-9-13-5-1-2-7-15(13)12-18/h3-4,6,8,13,15H,1-2,5,7,9-12H2. The van der Waals surface area contributed by atoms with Gasteiger partial charge in [-0.1, -0.05) is 37.5 Å². The molecule has 1 heterocycles. The number of halogens is 1. The predicted octanol–water partition coefficient (Wildman–Crippen LogP) is 4.44. The van der Waals surface area contributed by atoms with Crippen molar-refractivity contribution in [2.75, 3.05) is 18.0 Å². The van der Waals surface area contributed by atoms with Gasteiger partial charge in [-0.2, -0.15) is 0 Å². The van der Waals surface area contributed by atoms with Crippen molar-refractivity contribution in [2.24, 2.45) is 11.8 Å². The topological polar surface area (TPSA) is 3.24 Å². The number of hydrogen-bond acceptors (Lipinski definition) is 1. The molecular weight excluding hydrogens is 242 g/mol. The largest absolute Gasteiger partial charge is 0.371 e. The molecule has 2 aliphatic rings. The molecule has 1 aromatic rings. The first-order chi connectivity index (χ1) is 8.88. The summed E-state index contributed by atoms with van der Waals surface area (Å²) in [5.74, 6) is 2.55. The Bertz CT molecular complexity index is 404. The van der Waals surface area contributed by atoms with Gasteiger partial charge >= 0.3 is 0 Å². The summed E-state index contributed by atoms with van der Waals surface area (Å²) < 4.78 is 0. The smallest absolute Gasteiger partial charge is 0.0494 e. The zero-order valence-electron chi connectivity index (χ0n) is 10.9. The highest BCUT2D eigenvalue weighted by molar-refractivity contribution is 6.17. The molecule has 1 saturated heterocycles. The number of nitrogens with zero attached hydrogens (tertiary/aromatic N) is 1. The summed E-state index contributed by atoms with van der Waals surface area (Å²) in [6.07, 6.45) is 7.17. The second-order valence-corrected chi connectivity index (χ2v) is 6.07. The zero-order valence-corrected chi connectivity index (χ0v) is 11.7. The van der Waals surface area contributed by atoms with Crippen LogP contribution in [0.3, 0.4) is 0 Å². The van der Waals surface area contributed by atoms with Crippen LogP contribution in [0, 0.1) is 11.8 Å². The third-order valence-corrected chi connectivity index (χ3v) is 5.06. The third kappa shape index (κ3) is 2.38. The molecule has 1 nitrogen and oxygen atoms in total. The third-order valence-electron chi connectivity index (χ3n) is 4.77. The number of benzene rings is 1. The lowest BCUT2D eigenvalue weighted by Gasteiger charge is -2.42. The van der Waals surface area contributed by atoms with Crippen LogP contribution in [0.4, 0.5) is 5.69 Å². The molecule has 0 aromatic heterocycles. The van der Waals surface area contributed by atoms with Gasteiger partial charge in [-0.05, 0) is 36.3 Å². The Morgan fingerprint density at radius 1 is 1.06 bits per heavy atom.